The van der Waals surface area contributed by atoms with Gasteiger partial charge < -0.3 is 5.32 Å². The number of aromatic nitrogens is 3. The van der Waals surface area contributed by atoms with E-state index in [2.05, 4.69) is 15.3 Å². The van der Waals surface area contributed by atoms with Crippen LogP contribution in [0.3, 0.4) is 0 Å². The molecule has 0 spiro atoms. The number of amides is 1. The summed E-state index contributed by atoms with van der Waals surface area (Å²) in [7, 11) is 1.61. The summed E-state index contributed by atoms with van der Waals surface area (Å²) in [5, 5.41) is 3.26. The third-order valence-corrected chi connectivity index (χ3v) is 4.83. The van der Waals surface area contributed by atoms with Crippen LogP contribution >= 0.6 is 11.8 Å². The number of anilines is 1. The Morgan fingerprint density at radius 1 is 1.15 bits per heavy atom. The molecule has 1 aromatic carbocycles. The molecular weight excluding hydrogens is 348 g/mol. The van der Waals surface area contributed by atoms with E-state index in [4.69, 9.17) is 0 Å². The average molecular weight is 366 g/mol. The zero-order chi connectivity index (χ0) is 18.5. The summed E-state index contributed by atoms with van der Waals surface area (Å²) >= 11 is 1.40. The second kappa shape index (κ2) is 7.97. The molecule has 3 aromatic rings. The van der Waals surface area contributed by atoms with Crippen LogP contribution in [-0.2, 0) is 12.8 Å². The van der Waals surface area contributed by atoms with E-state index in [-0.39, 0.29) is 11.1 Å². The second-order valence-electron chi connectivity index (χ2n) is 5.75. The molecular formula is C19H18N4O2S. The topological polar surface area (TPSA) is 76.9 Å². The fraction of sp³-hybridized carbons (Fsp3) is 0.158. The Morgan fingerprint density at radius 3 is 2.62 bits per heavy atom. The summed E-state index contributed by atoms with van der Waals surface area (Å²) in [5.74, 6) is 0.124. The zero-order valence-electron chi connectivity index (χ0n) is 14.5. The van der Waals surface area contributed by atoms with Gasteiger partial charge in [0.2, 0.25) is 0 Å². The lowest BCUT2D eigenvalue weighted by molar-refractivity contribution is 0.102. The number of nitrogens with zero attached hydrogens (tertiary/aromatic N) is 3. The van der Waals surface area contributed by atoms with Crippen LogP contribution in [-0.4, -0.2) is 20.4 Å². The Bertz CT molecular complexity index is 969. The Hall–Kier alpha value is -2.93. The maximum Gasteiger partial charge on any atom is 0.266 e. The predicted octanol–water partition coefficient (Wildman–Crippen LogP) is 3.03. The highest BCUT2D eigenvalue weighted by atomic mass is 32.2. The number of benzene rings is 1. The van der Waals surface area contributed by atoms with Crippen molar-refractivity contribution in [2.75, 3.05) is 5.32 Å². The summed E-state index contributed by atoms with van der Waals surface area (Å²) in [5.41, 5.74) is 2.25. The molecule has 0 saturated carbocycles. The summed E-state index contributed by atoms with van der Waals surface area (Å²) in [6, 6.07) is 13.0. The first-order valence-electron chi connectivity index (χ1n) is 8.01. The van der Waals surface area contributed by atoms with Crippen LogP contribution in [0.2, 0.25) is 0 Å². The van der Waals surface area contributed by atoms with Gasteiger partial charge in [-0.15, -0.1) is 0 Å². The maximum absolute atomic E-state index is 12.5. The fourth-order valence-electron chi connectivity index (χ4n) is 2.28. The highest BCUT2D eigenvalue weighted by Crippen LogP contribution is 2.18. The number of thioether (sulfide) groups is 1. The van der Waals surface area contributed by atoms with Gasteiger partial charge in [0.25, 0.3) is 11.5 Å². The van der Waals surface area contributed by atoms with Gasteiger partial charge in [0, 0.05) is 30.9 Å². The summed E-state index contributed by atoms with van der Waals surface area (Å²) in [6.45, 7) is 1.96. The van der Waals surface area contributed by atoms with Crippen molar-refractivity contribution in [2.24, 2.45) is 7.05 Å². The second-order valence-corrected chi connectivity index (χ2v) is 6.69. The smallest absolute Gasteiger partial charge is 0.266 e. The van der Waals surface area contributed by atoms with Crippen LogP contribution in [0.5, 0.6) is 0 Å². The fourth-order valence-corrected chi connectivity index (χ4v) is 3.13. The number of aryl methyl sites for hydroxylation is 1. The molecule has 0 radical (unpaired) electrons. The minimum Gasteiger partial charge on any atom is -0.322 e. The monoisotopic (exact) mass is 366 g/mol. The quantitative estimate of drug-likeness (QED) is 0.555. The van der Waals surface area contributed by atoms with Crippen LogP contribution in [0.4, 0.5) is 5.69 Å². The highest BCUT2D eigenvalue weighted by molar-refractivity contribution is 7.98. The molecule has 0 aliphatic rings. The normalized spacial score (nSPS) is 10.5. The van der Waals surface area contributed by atoms with Crippen LogP contribution in [0.15, 0.2) is 64.8 Å². The molecule has 7 heteroatoms. The molecule has 1 N–H and O–H groups in total. The van der Waals surface area contributed by atoms with Crippen molar-refractivity contribution in [1.82, 2.24) is 14.5 Å². The molecule has 2 aromatic heterocycles. The Morgan fingerprint density at radius 2 is 1.92 bits per heavy atom. The minimum absolute atomic E-state index is 0.00950. The van der Waals surface area contributed by atoms with Gasteiger partial charge in [-0.05, 0) is 31.2 Å². The van der Waals surface area contributed by atoms with E-state index in [9.17, 15) is 9.59 Å². The molecule has 3 rings (SSSR count). The zero-order valence-corrected chi connectivity index (χ0v) is 15.3. The van der Waals surface area contributed by atoms with Crippen molar-refractivity contribution in [1.29, 1.82) is 0 Å². The SMILES string of the molecule is Cc1ccc(NC(=O)c2cnc(SCc3ccccn3)n(C)c2=O)cc1. The van der Waals surface area contributed by atoms with E-state index in [0.717, 1.165) is 11.3 Å². The van der Waals surface area contributed by atoms with Gasteiger partial charge in [-0.25, -0.2) is 4.98 Å². The Kier molecular flexibility index (Phi) is 5.48. The number of pyridine rings is 1. The van der Waals surface area contributed by atoms with Crippen molar-refractivity contribution in [3.05, 3.63) is 82.0 Å². The number of nitrogens with one attached hydrogen (secondary N) is 1. The van der Waals surface area contributed by atoms with Gasteiger partial charge in [-0.2, -0.15) is 0 Å². The number of carbonyl (C=O) groups excluding carboxylic acids is 1. The minimum atomic E-state index is -0.469. The summed E-state index contributed by atoms with van der Waals surface area (Å²) in [4.78, 5) is 33.4. The van der Waals surface area contributed by atoms with E-state index in [0.29, 0.717) is 16.6 Å². The van der Waals surface area contributed by atoms with Crippen molar-refractivity contribution in [3.8, 4) is 0 Å². The van der Waals surface area contributed by atoms with Gasteiger partial charge in [-0.3, -0.25) is 19.1 Å². The van der Waals surface area contributed by atoms with Crippen molar-refractivity contribution < 1.29 is 4.79 Å². The molecule has 2 heterocycles. The molecule has 1 amide bonds. The number of rotatable bonds is 5. The maximum atomic E-state index is 12.5. The van der Waals surface area contributed by atoms with Gasteiger partial charge >= 0.3 is 0 Å². The molecule has 6 nitrogen and oxygen atoms in total. The number of carbonyl (C=O) groups is 1. The molecule has 0 fully saturated rings. The van der Waals surface area contributed by atoms with Crippen LogP contribution in [0.1, 0.15) is 21.6 Å². The third-order valence-electron chi connectivity index (χ3n) is 3.76. The van der Waals surface area contributed by atoms with E-state index in [1.54, 1.807) is 25.4 Å². The van der Waals surface area contributed by atoms with Gasteiger partial charge in [0.15, 0.2) is 5.16 Å². The summed E-state index contributed by atoms with van der Waals surface area (Å²) < 4.78 is 1.39. The standard InChI is InChI=1S/C19H18N4O2S/c1-13-6-8-14(9-7-13)22-17(24)16-11-21-19(23(2)18(16)25)26-12-15-5-3-4-10-20-15/h3-11H,12H2,1-2H3,(H,22,24). The Balaban J connectivity index is 1.75. The van der Waals surface area contributed by atoms with Crippen LogP contribution in [0, 0.1) is 6.92 Å². The van der Waals surface area contributed by atoms with E-state index in [1.165, 1.54) is 22.5 Å². The molecule has 26 heavy (non-hydrogen) atoms. The molecule has 0 unspecified atom stereocenters. The third kappa shape index (κ3) is 4.18. The first-order valence-corrected chi connectivity index (χ1v) is 9.00. The summed E-state index contributed by atoms with van der Waals surface area (Å²) in [6.07, 6.45) is 3.05. The van der Waals surface area contributed by atoms with Crippen molar-refractivity contribution in [3.63, 3.8) is 0 Å². The molecule has 132 valence electrons. The first-order chi connectivity index (χ1) is 12.5. The van der Waals surface area contributed by atoms with E-state index >= 15 is 0 Å². The molecule has 0 saturated heterocycles. The van der Waals surface area contributed by atoms with Crippen LogP contribution < -0.4 is 10.9 Å². The van der Waals surface area contributed by atoms with E-state index in [1.807, 2.05) is 37.3 Å². The average Bonchev–Trinajstić information content (AvgIpc) is 2.65. The van der Waals surface area contributed by atoms with Crippen molar-refractivity contribution >= 4 is 23.4 Å². The van der Waals surface area contributed by atoms with Gasteiger partial charge in [0.05, 0.1) is 5.69 Å². The lowest BCUT2D eigenvalue weighted by atomic mass is 10.2. The number of hydrogen-bond acceptors (Lipinski definition) is 5. The lowest BCUT2D eigenvalue weighted by Gasteiger charge is -2.09. The predicted molar refractivity (Wildman–Crippen MR) is 102 cm³/mol. The van der Waals surface area contributed by atoms with Gasteiger partial charge in [0.1, 0.15) is 5.56 Å². The van der Waals surface area contributed by atoms with Gasteiger partial charge in [-0.1, -0.05) is 35.5 Å². The van der Waals surface area contributed by atoms with E-state index < -0.39 is 5.91 Å². The van der Waals surface area contributed by atoms with Crippen molar-refractivity contribution in [2.45, 2.75) is 17.8 Å². The Labute approximate surface area is 155 Å². The lowest BCUT2D eigenvalue weighted by Crippen LogP contribution is -2.29. The highest BCUT2D eigenvalue weighted by Gasteiger charge is 2.15. The number of hydrogen-bond donors (Lipinski definition) is 1. The molecule has 0 aliphatic heterocycles. The molecule has 0 bridgehead atoms. The molecule has 0 aliphatic carbocycles. The molecule has 0 atom stereocenters. The van der Waals surface area contributed by atoms with Crippen LogP contribution in [0.25, 0.3) is 0 Å². The first kappa shape index (κ1) is 17.9. The largest absolute Gasteiger partial charge is 0.322 e.